The summed E-state index contributed by atoms with van der Waals surface area (Å²) in [6.45, 7) is 5.55. The van der Waals surface area contributed by atoms with Crippen LogP contribution in [0.3, 0.4) is 0 Å². The van der Waals surface area contributed by atoms with Gasteiger partial charge in [0.05, 0.1) is 18.3 Å². The van der Waals surface area contributed by atoms with Gasteiger partial charge in [-0.15, -0.1) is 0 Å². The third-order valence-electron chi connectivity index (χ3n) is 2.72. The topological polar surface area (TPSA) is 45.6 Å². The predicted octanol–water partition coefficient (Wildman–Crippen LogP) is 1.82. The highest BCUT2D eigenvalue weighted by Gasteiger charge is 2.33. The van der Waals surface area contributed by atoms with Crippen LogP contribution in [-0.4, -0.2) is 41.5 Å². The maximum Gasteiger partial charge on any atom is 0.128 e. The van der Waals surface area contributed by atoms with Gasteiger partial charge in [0.2, 0.25) is 0 Å². The quantitative estimate of drug-likeness (QED) is 0.905. The Morgan fingerprint density at radius 1 is 1.59 bits per heavy atom. The van der Waals surface area contributed by atoms with Crippen LogP contribution in [0.5, 0.6) is 0 Å². The van der Waals surface area contributed by atoms with E-state index < -0.39 is 0 Å². The Kier molecular flexibility index (Phi) is 3.70. The van der Waals surface area contributed by atoms with Crippen molar-refractivity contribution in [2.45, 2.75) is 25.6 Å². The number of ether oxygens (including phenoxy) is 1. The van der Waals surface area contributed by atoms with Crippen LogP contribution in [0, 0.1) is 0 Å². The molecular formula is C12H17BrN2O2. The number of rotatable bonds is 2. The lowest BCUT2D eigenvalue weighted by molar-refractivity contribution is -0.101. The van der Waals surface area contributed by atoms with Crippen LogP contribution in [0.2, 0.25) is 0 Å². The molecule has 0 aliphatic carbocycles. The number of hydrogen-bond acceptors (Lipinski definition) is 4. The highest BCUT2D eigenvalue weighted by atomic mass is 79.9. The van der Waals surface area contributed by atoms with Crippen LogP contribution >= 0.6 is 15.9 Å². The lowest BCUT2D eigenvalue weighted by Crippen LogP contribution is -2.54. The summed E-state index contributed by atoms with van der Waals surface area (Å²) in [7, 11) is 0. The van der Waals surface area contributed by atoms with Crippen LogP contribution in [0.15, 0.2) is 22.8 Å². The first kappa shape index (κ1) is 12.8. The number of aliphatic hydroxyl groups is 1. The highest BCUT2D eigenvalue weighted by molar-refractivity contribution is 9.10. The number of morpholine rings is 1. The second kappa shape index (κ2) is 4.92. The molecule has 0 saturated carbocycles. The van der Waals surface area contributed by atoms with Crippen molar-refractivity contribution in [1.29, 1.82) is 0 Å². The number of anilines is 1. The number of pyridine rings is 1. The third-order valence-corrected chi connectivity index (χ3v) is 3.19. The summed E-state index contributed by atoms with van der Waals surface area (Å²) in [5.74, 6) is 0.919. The van der Waals surface area contributed by atoms with Gasteiger partial charge in [-0.05, 0) is 41.9 Å². The molecule has 1 aliphatic rings. The van der Waals surface area contributed by atoms with E-state index in [0.717, 1.165) is 16.8 Å². The smallest absolute Gasteiger partial charge is 0.128 e. The number of aromatic nitrogens is 1. The average Bonchev–Trinajstić information content (AvgIpc) is 2.27. The molecule has 17 heavy (non-hydrogen) atoms. The molecule has 1 aliphatic heterocycles. The fourth-order valence-corrected chi connectivity index (χ4v) is 2.35. The van der Waals surface area contributed by atoms with Crippen LogP contribution < -0.4 is 4.90 Å². The molecule has 4 nitrogen and oxygen atoms in total. The third kappa shape index (κ3) is 3.18. The molecule has 0 radical (unpaired) electrons. The van der Waals surface area contributed by atoms with Gasteiger partial charge < -0.3 is 14.7 Å². The lowest BCUT2D eigenvalue weighted by atomic mass is 10.1. The SMILES string of the molecule is CC1(C)CN(c2ccc(Br)cn2)CC(CO)O1. The van der Waals surface area contributed by atoms with Crippen molar-refractivity contribution < 1.29 is 9.84 Å². The Bertz CT molecular complexity index is 381. The van der Waals surface area contributed by atoms with Gasteiger partial charge in [0.1, 0.15) is 5.82 Å². The molecule has 0 spiro atoms. The van der Waals surface area contributed by atoms with Gasteiger partial charge in [-0.1, -0.05) is 0 Å². The summed E-state index contributed by atoms with van der Waals surface area (Å²) in [6, 6.07) is 3.94. The molecule has 5 heteroatoms. The number of aliphatic hydroxyl groups excluding tert-OH is 1. The Balaban J connectivity index is 2.17. The first-order valence-electron chi connectivity index (χ1n) is 5.65. The number of nitrogens with zero attached hydrogens (tertiary/aromatic N) is 2. The van der Waals surface area contributed by atoms with Crippen LogP contribution in [0.4, 0.5) is 5.82 Å². The average molecular weight is 301 g/mol. The monoisotopic (exact) mass is 300 g/mol. The summed E-state index contributed by atoms with van der Waals surface area (Å²) >= 11 is 3.37. The van der Waals surface area contributed by atoms with Crippen LogP contribution in [0.1, 0.15) is 13.8 Å². The normalized spacial score (nSPS) is 23.8. The van der Waals surface area contributed by atoms with Crippen molar-refractivity contribution in [3.8, 4) is 0 Å². The van der Waals surface area contributed by atoms with Gasteiger partial charge in [-0.2, -0.15) is 0 Å². The molecule has 0 bridgehead atoms. The minimum atomic E-state index is -0.263. The van der Waals surface area contributed by atoms with Gasteiger partial charge in [0.15, 0.2) is 0 Å². The van der Waals surface area contributed by atoms with Crippen molar-refractivity contribution >= 4 is 21.7 Å². The molecule has 1 aromatic heterocycles. The maximum atomic E-state index is 9.25. The fraction of sp³-hybridized carbons (Fsp3) is 0.583. The zero-order chi connectivity index (χ0) is 12.5. The molecule has 1 atom stereocenters. The minimum absolute atomic E-state index is 0.0382. The van der Waals surface area contributed by atoms with E-state index in [9.17, 15) is 5.11 Å². The van der Waals surface area contributed by atoms with Crippen LogP contribution in [0.25, 0.3) is 0 Å². The van der Waals surface area contributed by atoms with Gasteiger partial charge in [0, 0.05) is 23.8 Å². The van der Waals surface area contributed by atoms with Crippen molar-refractivity contribution in [3.05, 3.63) is 22.8 Å². The van der Waals surface area contributed by atoms with E-state index in [0.29, 0.717) is 6.54 Å². The molecule has 0 amide bonds. The second-order valence-corrected chi connectivity index (χ2v) is 5.81. The standard InChI is InChI=1S/C12H17BrN2O2/c1-12(2)8-15(6-10(7-16)17-12)11-4-3-9(13)5-14-11/h3-5,10,16H,6-8H2,1-2H3. The molecule has 2 heterocycles. The Morgan fingerprint density at radius 2 is 2.35 bits per heavy atom. The summed E-state index contributed by atoms with van der Waals surface area (Å²) in [6.07, 6.45) is 1.63. The van der Waals surface area contributed by atoms with Crippen LogP contribution in [-0.2, 0) is 4.74 Å². The van der Waals surface area contributed by atoms with Crippen molar-refractivity contribution in [3.63, 3.8) is 0 Å². The Labute approximate surface area is 110 Å². The van der Waals surface area contributed by atoms with E-state index in [1.54, 1.807) is 6.20 Å². The molecule has 0 aromatic carbocycles. The second-order valence-electron chi connectivity index (χ2n) is 4.90. The van der Waals surface area contributed by atoms with Gasteiger partial charge >= 0.3 is 0 Å². The largest absolute Gasteiger partial charge is 0.394 e. The summed E-state index contributed by atoms with van der Waals surface area (Å²) < 4.78 is 6.73. The number of halogens is 1. The molecule has 1 N–H and O–H groups in total. The van der Waals surface area contributed by atoms with E-state index in [1.165, 1.54) is 0 Å². The molecular weight excluding hydrogens is 284 g/mol. The molecule has 1 aromatic rings. The highest BCUT2D eigenvalue weighted by Crippen LogP contribution is 2.25. The minimum Gasteiger partial charge on any atom is -0.394 e. The zero-order valence-electron chi connectivity index (χ0n) is 10.1. The Hall–Kier alpha value is -0.650. The van der Waals surface area contributed by atoms with Crippen molar-refractivity contribution in [2.24, 2.45) is 0 Å². The fourth-order valence-electron chi connectivity index (χ4n) is 2.12. The zero-order valence-corrected chi connectivity index (χ0v) is 11.6. The summed E-state index contributed by atoms with van der Waals surface area (Å²) in [5.41, 5.74) is -0.263. The van der Waals surface area contributed by atoms with E-state index in [-0.39, 0.29) is 18.3 Å². The lowest BCUT2D eigenvalue weighted by Gasteiger charge is -2.42. The van der Waals surface area contributed by atoms with E-state index in [4.69, 9.17) is 4.74 Å². The van der Waals surface area contributed by atoms with Gasteiger partial charge in [-0.3, -0.25) is 0 Å². The Morgan fingerprint density at radius 3 is 2.94 bits per heavy atom. The molecule has 1 saturated heterocycles. The number of hydrogen-bond donors (Lipinski definition) is 1. The van der Waals surface area contributed by atoms with E-state index in [1.807, 2.05) is 26.0 Å². The molecule has 2 rings (SSSR count). The summed E-state index contributed by atoms with van der Waals surface area (Å²) in [4.78, 5) is 6.53. The predicted molar refractivity (Wildman–Crippen MR) is 70.2 cm³/mol. The van der Waals surface area contributed by atoms with Crippen molar-refractivity contribution in [2.75, 3.05) is 24.6 Å². The maximum absolute atomic E-state index is 9.25. The van der Waals surface area contributed by atoms with E-state index in [2.05, 4.69) is 25.8 Å². The van der Waals surface area contributed by atoms with E-state index >= 15 is 0 Å². The first-order valence-corrected chi connectivity index (χ1v) is 6.45. The summed E-state index contributed by atoms with van der Waals surface area (Å²) in [5, 5.41) is 9.25. The van der Waals surface area contributed by atoms with Crippen molar-refractivity contribution in [1.82, 2.24) is 4.98 Å². The molecule has 94 valence electrons. The molecule has 1 fully saturated rings. The van der Waals surface area contributed by atoms with Gasteiger partial charge in [-0.25, -0.2) is 4.98 Å². The first-order chi connectivity index (χ1) is 8.00. The van der Waals surface area contributed by atoms with Gasteiger partial charge in [0.25, 0.3) is 0 Å². The molecule has 1 unspecified atom stereocenters.